The molecule has 0 spiro atoms. The molecule has 1 aliphatic rings. The first kappa shape index (κ1) is 23.0. The van der Waals surface area contributed by atoms with Gasteiger partial charge in [0.2, 0.25) is 11.7 Å². The first-order valence-electron chi connectivity index (χ1n) is 11.6. The van der Waals surface area contributed by atoms with Crippen LogP contribution in [0.1, 0.15) is 21.7 Å². The average molecular weight is 477 g/mol. The highest BCUT2D eigenvalue weighted by Gasteiger charge is 2.31. The van der Waals surface area contributed by atoms with Crippen molar-refractivity contribution in [3.8, 4) is 28.6 Å². The number of carbonyl (C=O) groups excluding carboxylic acids is 1. The smallest absolute Gasteiger partial charge is 0.235 e. The molecule has 0 saturated carbocycles. The van der Waals surface area contributed by atoms with E-state index < -0.39 is 11.5 Å². The van der Waals surface area contributed by atoms with E-state index in [2.05, 4.69) is 4.90 Å². The molecular weight excluding hydrogens is 448 g/mol. The maximum absolute atomic E-state index is 13.7. The Balaban J connectivity index is 1.61. The maximum Gasteiger partial charge on any atom is 0.235 e. The molecule has 0 amide bonds. The normalized spacial score (nSPS) is 14.5. The van der Waals surface area contributed by atoms with Crippen LogP contribution < -0.4 is 4.74 Å². The van der Waals surface area contributed by atoms with Gasteiger partial charge in [0.1, 0.15) is 0 Å². The van der Waals surface area contributed by atoms with Crippen LogP contribution in [0.2, 0.25) is 0 Å². The van der Waals surface area contributed by atoms with Gasteiger partial charge in [0.15, 0.2) is 22.8 Å². The van der Waals surface area contributed by atoms with Gasteiger partial charge in [-0.15, -0.1) is 0 Å². The second-order valence-corrected chi connectivity index (χ2v) is 8.69. The van der Waals surface area contributed by atoms with Crippen molar-refractivity contribution in [1.82, 2.24) is 9.47 Å². The van der Waals surface area contributed by atoms with Gasteiger partial charge in [-0.1, -0.05) is 35.9 Å². The third-order valence-corrected chi connectivity index (χ3v) is 6.42. The zero-order valence-electron chi connectivity index (χ0n) is 19.8. The molecule has 3 heterocycles. The van der Waals surface area contributed by atoms with Crippen LogP contribution in [0.4, 0.5) is 0 Å². The number of nitrogens with zero attached hydrogens (tertiary/aromatic N) is 2. The van der Waals surface area contributed by atoms with Crippen LogP contribution in [0.5, 0.6) is 17.4 Å². The van der Waals surface area contributed by atoms with Crippen LogP contribution in [-0.2, 0) is 11.3 Å². The van der Waals surface area contributed by atoms with Gasteiger partial charge in [0.05, 0.1) is 31.6 Å². The summed E-state index contributed by atoms with van der Waals surface area (Å²) in [4.78, 5) is 16.0. The lowest BCUT2D eigenvalue weighted by Crippen LogP contribution is -2.38. The van der Waals surface area contributed by atoms with Gasteiger partial charge < -0.3 is 28.7 Å². The molecule has 0 aliphatic carbocycles. The molecule has 2 aromatic heterocycles. The summed E-state index contributed by atoms with van der Waals surface area (Å²) in [6.45, 7) is 5.89. The Labute approximate surface area is 202 Å². The van der Waals surface area contributed by atoms with E-state index in [0.29, 0.717) is 48.7 Å². The van der Waals surface area contributed by atoms with E-state index in [1.807, 2.05) is 43.3 Å². The molecule has 0 unspecified atom stereocenters. The topological polar surface area (TPSA) is 97.3 Å². The van der Waals surface area contributed by atoms with E-state index in [-0.39, 0.29) is 17.2 Å². The van der Waals surface area contributed by atoms with Crippen molar-refractivity contribution in [3.63, 3.8) is 0 Å². The van der Waals surface area contributed by atoms with Crippen molar-refractivity contribution in [2.45, 2.75) is 13.5 Å². The van der Waals surface area contributed by atoms with E-state index in [4.69, 9.17) is 13.9 Å². The number of carbonyl (C=O) groups is 1. The molecule has 1 aliphatic heterocycles. The lowest BCUT2D eigenvalue weighted by molar-refractivity contribution is 0.0362. The molecular formula is C27H28N2O6. The molecule has 4 aromatic rings. The fraction of sp³-hybridized carbons (Fsp3) is 0.296. The number of ether oxygens (including phenoxy) is 2. The largest absolute Gasteiger partial charge is 0.503 e. The van der Waals surface area contributed by atoms with E-state index >= 15 is 0 Å². The Morgan fingerprint density at radius 1 is 1.06 bits per heavy atom. The Morgan fingerprint density at radius 2 is 1.83 bits per heavy atom. The van der Waals surface area contributed by atoms with Gasteiger partial charge in [0.25, 0.3) is 0 Å². The number of ketones is 1. The number of hydrogen-bond acceptors (Lipinski definition) is 7. The summed E-state index contributed by atoms with van der Waals surface area (Å²) >= 11 is 0. The standard InChI is InChI=1S/C27H28N2O6/c1-17-5-3-6-18(15-17)23-22(24(30)21-16-19-7-4-8-20(33-2)26(19)35-21)25(31)27(32)29(23)10-9-28-11-13-34-14-12-28/h3-8,15-16,31-32H,9-14H2,1-2H3. The van der Waals surface area contributed by atoms with Gasteiger partial charge in [0, 0.05) is 31.6 Å². The predicted molar refractivity (Wildman–Crippen MR) is 131 cm³/mol. The number of morpholine rings is 1. The number of fused-ring (bicyclic) bond motifs is 1. The van der Waals surface area contributed by atoms with E-state index in [0.717, 1.165) is 24.2 Å². The second kappa shape index (κ2) is 9.48. The minimum Gasteiger partial charge on any atom is -0.503 e. The van der Waals surface area contributed by atoms with Gasteiger partial charge in [-0.3, -0.25) is 9.69 Å². The second-order valence-electron chi connectivity index (χ2n) is 8.69. The molecule has 1 saturated heterocycles. The maximum atomic E-state index is 13.7. The van der Waals surface area contributed by atoms with Crippen LogP contribution in [0.3, 0.4) is 0 Å². The first-order valence-corrected chi connectivity index (χ1v) is 11.6. The Morgan fingerprint density at radius 3 is 2.57 bits per heavy atom. The minimum atomic E-state index is -0.516. The summed E-state index contributed by atoms with van der Waals surface area (Å²) in [6, 6.07) is 14.7. The van der Waals surface area contributed by atoms with Gasteiger partial charge in [-0.05, 0) is 30.7 Å². The molecule has 8 heteroatoms. The monoisotopic (exact) mass is 476 g/mol. The number of hydrogen-bond donors (Lipinski definition) is 2. The van der Waals surface area contributed by atoms with Gasteiger partial charge in [-0.2, -0.15) is 0 Å². The number of aryl methyl sites for hydroxylation is 1. The SMILES string of the molecule is COc1cccc2cc(C(=O)c3c(O)c(O)n(CCN4CCOCC4)c3-c3cccc(C)c3)oc12. The van der Waals surface area contributed by atoms with Crippen molar-refractivity contribution in [2.75, 3.05) is 40.0 Å². The van der Waals surface area contributed by atoms with Gasteiger partial charge >= 0.3 is 0 Å². The minimum absolute atomic E-state index is 0.00750. The Hall–Kier alpha value is -3.75. The van der Waals surface area contributed by atoms with Crippen molar-refractivity contribution in [3.05, 3.63) is 65.4 Å². The van der Waals surface area contributed by atoms with E-state index in [9.17, 15) is 15.0 Å². The number of furan rings is 1. The van der Waals surface area contributed by atoms with Crippen molar-refractivity contribution < 1.29 is 28.9 Å². The third kappa shape index (κ3) is 4.26. The quantitative estimate of drug-likeness (QED) is 0.386. The number of methoxy groups -OCH3 is 1. The van der Waals surface area contributed by atoms with Crippen LogP contribution in [-0.4, -0.2) is 65.4 Å². The summed E-state index contributed by atoms with van der Waals surface area (Å²) in [5.41, 5.74) is 2.63. The van der Waals surface area contributed by atoms with E-state index in [1.54, 1.807) is 16.7 Å². The molecule has 0 atom stereocenters. The Bertz CT molecular complexity index is 1380. The van der Waals surface area contributed by atoms with Gasteiger partial charge in [-0.25, -0.2) is 0 Å². The fourth-order valence-electron chi connectivity index (χ4n) is 4.62. The first-order chi connectivity index (χ1) is 17.0. The molecule has 35 heavy (non-hydrogen) atoms. The Kier molecular flexibility index (Phi) is 6.23. The molecule has 2 aromatic carbocycles. The number of para-hydroxylation sites is 1. The highest BCUT2D eigenvalue weighted by molar-refractivity contribution is 6.15. The summed E-state index contributed by atoms with van der Waals surface area (Å²) in [5.74, 6) is -0.750. The zero-order valence-corrected chi connectivity index (χ0v) is 19.8. The predicted octanol–water partition coefficient (Wildman–Crippen LogP) is 4.19. The highest BCUT2D eigenvalue weighted by Crippen LogP contribution is 2.43. The third-order valence-electron chi connectivity index (χ3n) is 6.42. The van der Waals surface area contributed by atoms with Crippen LogP contribution in [0.25, 0.3) is 22.2 Å². The number of aromatic hydroxyl groups is 2. The molecule has 8 nitrogen and oxygen atoms in total. The number of rotatable bonds is 7. The van der Waals surface area contributed by atoms with Crippen molar-refractivity contribution in [2.24, 2.45) is 0 Å². The molecule has 0 bridgehead atoms. The summed E-state index contributed by atoms with van der Waals surface area (Å²) in [6.07, 6.45) is 0. The molecule has 0 radical (unpaired) electrons. The summed E-state index contributed by atoms with van der Waals surface area (Å²) in [7, 11) is 1.53. The van der Waals surface area contributed by atoms with Crippen LogP contribution in [0, 0.1) is 6.92 Å². The molecule has 1 fully saturated rings. The average Bonchev–Trinajstić information content (AvgIpc) is 3.42. The lowest BCUT2D eigenvalue weighted by Gasteiger charge is -2.27. The fourth-order valence-corrected chi connectivity index (χ4v) is 4.62. The molecule has 2 N–H and O–H groups in total. The van der Waals surface area contributed by atoms with Crippen LogP contribution in [0.15, 0.2) is 52.9 Å². The summed E-state index contributed by atoms with van der Waals surface area (Å²) < 4.78 is 18.3. The lowest BCUT2D eigenvalue weighted by atomic mass is 10.0. The van der Waals surface area contributed by atoms with E-state index in [1.165, 1.54) is 7.11 Å². The number of benzene rings is 2. The van der Waals surface area contributed by atoms with Crippen molar-refractivity contribution in [1.29, 1.82) is 0 Å². The summed E-state index contributed by atoms with van der Waals surface area (Å²) in [5, 5.41) is 22.6. The number of aromatic nitrogens is 1. The zero-order chi connectivity index (χ0) is 24.5. The van der Waals surface area contributed by atoms with Crippen molar-refractivity contribution >= 4 is 16.8 Å². The van der Waals surface area contributed by atoms with Crippen LogP contribution >= 0.6 is 0 Å². The highest BCUT2D eigenvalue weighted by atomic mass is 16.5. The molecule has 5 rings (SSSR count). The molecule has 182 valence electrons.